The van der Waals surface area contributed by atoms with E-state index in [0.29, 0.717) is 29.2 Å². The van der Waals surface area contributed by atoms with Crippen LogP contribution in [0.25, 0.3) is 11.0 Å². The SMILES string of the molecule is COc1ccc(C)cc1NC(=O)c1cc(C)nc2c1cnn2Cc1cccs1. The van der Waals surface area contributed by atoms with Crippen LogP contribution in [0.15, 0.2) is 48.0 Å². The maximum atomic E-state index is 13.1. The molecule has 4 rings (SSSR count). The lowest BCUT2D eigenvalue weighted by Crippen LogP contribution is -2.14. The summed E-state index contributed by atoms with van der Waals surface area (Å²) < 4.78 is 7.20. The number of thiophene rings is 1. The highest BCUT2D eigenvalue weighted by atomic mass is 32.1. The molecule has 3 aromatic heterocycles. The van der Waals surface area contributed by atoms with Crippen molar-refractivity contribution < 1.29 is 9.53 Å². The van der Waals surface area contributed by atoms with Gasteiger partial charge >= 0.3 is 0 Å². The number of pyridine rings is 1. The first-order valence-electron chi connectivity index (χ1n) is 8.86. The van der Waals surface area contributed by atoms with Crippen LogP contribution in [0.2, 0.25) is 0 Å². The van der Waals surface area contributed by atoms with Gasteiger partial charge in [-0.1, -0.05) is 12.1 Å². The fraction of sp³-hybridized carbons (Fsp3) is 0.190. The number of hydrogen-bond donors (Lipinski definition) is 1. The lowest BCUT2D eigenvalue weighted by molar-refractivity contribution is 0.102. The van der Waals surface area contributed by atoms with Crippen molar-refractivity contribution in [3.8, 4) is 5.75 Å². The van der Waals surface area contributed by atoms with Crippen molar-refractivity contribution in [1.29, 1.82) is 0 Å². The summed E-state index contributed by atoms with van der Waals surface area (Å²) in [5.74, 6) is 0.407. The van der Waals surface area contributed by atoms with E-state index < -0.39 is 0 Å². The highest BCUT2D eigenvalue weighted by Gasteiger charge is 2.17. The monoisotopic (exact) mass is 392 g/mol. The number of fused-ring (bicyclic) bond motifs is 1. The predicted octanol–water partition coefficient (Wildman–Crippen LogP) is 4.42. The van der Waals surface area contributed by atoms with Crippen molar-refractivity contribution in [2.24, 2.45) is 0 Å². The van der Waals surface area contributed by atoms with Gasteiger partial charge in [-0.05, 0) is 49.1 Å². The van der Waals surface area contributed by atoms with Crippen LogP contribution < -0.4 is 10.1 Å². The molecule has 1 amide bonds. The molecule has 0 bridgehead atoms. The summed E-state index contributed by atoms with van der Waals surface area (Å²) in [7, 11) is 1.59. The minimum atomic E-state index is -0.213. The van der Waals surface area contributed by atoms with Crippen LogP contribution in [0.4, 0.5) is 5.69 Å². The summed E-state index contributed by atoms with van der Waals surface area (Å²) in [5.41, 5.74) is 3.69. The Hall–Kier alpha value is -3.19. The summed E-state index contributed by atoms with van der Waals surface area (Å²) in [4.78, 5) is 18.9. The van der Waals surface area contributed by atoms with E-state index in [0.717, 1.165) is 16.6 Å². The molecule has 6 nitrogen and oxygen atoms in total. The van der Waals surface area contributed by atoms with Gasteiger partial charge in [-0.3, -0.25) is 4.79 Å². The van der Waals surface area contributed by atoms with Gasteiger partial charge in [0.25, 0.3) is 5.91 Å². The van der Waals surface area contributed by atoms with E-state index in [2.05, 4.69) is 21.5 Å². The smallest absolute Gasteiger partial charge is 0.256 e. The quantitative estimate of drug-likeness (QED) is 0.546. The van der Waals surface area contributed by atoms with Crippen molar-refractivity contribution in [2.45, 2.75) is 20.4 Å². The van der Waals surface area contributed by atoms with E-state index in [9.17, 15) is 4.79 Å². The molecule has 4 aromatic rings. The van der Waals surface area contributed by atoms with Gasteiger partial charge < -0.3 is 10.1 Å². The highest BCUT2D eigenvalue weighted by Crippen LogP contribution is 2.27. The molecule has 7 heteroatoms. The van der Waals surface area contributed by atoms with Crippen molar-refractivity contribution in [2.75, 3.05) is 12.4 Å². The van der Waals surface area contributed by atoms with Crippen molar-refractivity contribution in [1.82, 2.24) is 14.8 Å². The lowest BCUT2D eigenvalue weighted by Gasteiger charge is -2.12. The molecule has 28 heavy (non-hydrogen) atoms. The normalized spacial score (nSPS) is 11.0. The van der Waals surface area contributed by atoms with Crippen LogP contribution in [-0.4, -0.2) is 27.8 Å². The third-order valence-electron chi connectivity index (χ3n) is 4.47. The number of aryl methyl sites for hydroxylation is 2. The third kappa shape index (κ3) is 3.48. The Morgan fingerprint density at radius 2 is 2.11 bits per heavy atom. The zero-order valence-electron chi connectivity index (χ0n) is 15.9. The predicted molar refractivity (Wildman–Crippen MR) is 111 cm³/mol. The number of anilines is 1. The molecule has 0 radical (unpaired) electrons. The molecule has 0 aliphatic heterocycles. The number of ether oxygens (including phenoxy) is 1. The van der Waals surface area contributed by atoms with Crippen LogP contribution in [0.1, 0.15) is 26.5 Å². The number of carbonyl (C=O) groups excluding carboxylic acids is 1. The molecule has 1 N–H and O–H groups in total. The molecule has 0 aliphatic rings. The van der Waals surface area contributed by atoms with Crippen LogP contribution in [0.3, 0.4) is 0 Å². The van der Waals surface area contributed by atoms with Gasteiger partial charge in [-0.15, -0.1) is 11.3 Å². The number of nitrogens with one attached hydrogen (secondary N) is 1. The molecular formula is C21H20N4O2S. The van der Waals surface area contributed by atoms with E-state index in [1.807, 2.05) is 48.2 Å². The van der Waals surface area contributed by atoms with Gasteiger partial charge in [0.15, 0.2) is 5.65 Å². The van der Waals surface area contributed by atoms with Crippen molar-refractivity contribution >= 4 is 34.0 Å². The second kappa shape index (κ2) is 7.44. The summed E-state index contributed by atoms with van der Waals surface area (Å²) >= 11 is 1.67. The highest BCUT2D eigenvalue weighted by molar-refractivity contribution is 7.09. The van der Waals surface area contributed by atoms with Gasteiger partial charge in [0.05, 0.1) is 36.5 Å². The number of aromatic nitrogens is 3. The minimum Gasteiger partial charge on any atom is -0.495 e. The third-order valence-corrected chi connectivity index (χ3v) is 5.33. The first-order chi connectivity index (χ1) is 13.5. The molecule has 0 fully saturated rings. The Morgan fingerprint density at radius 1 is 1.25 bits per heavy atom. The largest absolute Gasteiger partial charge is 0.495 e. The Morgan fingerprint density at radius 3 is 2.86 bits per heavy atom. The second-order valence-corrected chi connectivity index (χ2v) is 7.62. The number of hydrogen-bond acceptors (Lipinski definition) is 5. The second-order valence-electron chi connectivity index (χ2n) is 6.59. The van der Waals surface area contributed by atoms with Gasteiger partial charge in [0.2, 0.25) is 0 Å². The first kappa shape index (κ1) is 18.2. The van der Waals surface area contributed by atoms with Gasteiger partial charge in [-0.25, -0.2) is 9.67 Å². The standard InChI is InChI=1S/C21H20N4O2S/c1-13-6-7-19(27-3)18(9-13)24-21(26)16-10-14(2)23-20-17(16)11-22-25(20)12-15-5-4-8-28-15/h4-11H,12H2,1-3H3,(H,24,26). The zero-order valence-corrected chi connectivity index (χ0v) is 16.7. The van der Waals surface area contributed by atoms with Crippen molar-refractivity contribution in [3.05, 3.63) is 69.7 Å². The fourth-order valence-electron chi connectivity index (χ4n) is 3.14. The van der Waals surface area contributed by atoms with Gasteiger partial charge in [0, 0.05) is 10.6 Å². The van der Waals surface area contributed by atoms with Gasteiger partial charge in [0.1, 0.15) is 5.75 Å². The zero-order chi connectivity index (χ0) is 19.7. The molecule has 0 saturated heterocycles. The molecule has 0 unspecified atom stereocenters. The maximum Gasteiger partial charge on any atom is 0.256 e. The number of benzene rings is 1. The molecule has 0 spiro atoms. The summed E-state index contributed by atoms with van der Waals surface area (Å²) in [5, 5.41) is 10.2. The number of carbonyl (C=O) groups is 1. The Kier molecular flexibility index (Phi) is 4.83. The van der Waals surface area contributed by atoms with Crippen LogP contribution in [-0.2, 0) is 6.54 Å². The molecule has 1 aromatic carbocycles. The van der Waals surface area contributed by atoms with Crippen LogP contribution in [0.5, 0.6) is 5.75 Å². The maximum absolute atomic E-state index is 13.1. The molecule has 0 aliphatic carbocycles. The number of amides is 1. The topological polar surface area (TPSA) is 69.0 Å². The van der Waals surface area contributed by atoms with Crippen molar-refractivity contribution in [3.63, 3.8) is 0 Å². The molecule has 3 heterocycles. The average molecular weight is 392 g/mol. The van der Waals surface area contributed by atoms with E-state index in [1.54, 1.807) is 30.7 Å². The Labute approximate surface area is 166 Å². The van der Waals surface area contributed by atoms with E-state index in [1.165, 1.54) is 4.88 Å². The summed E-state index contributed by atoms with van der Waals surface area (Å²) in [6, 6.07) is 11.5. The minimum absolute atomic E-state index is 0.213. The molecule has 0 atom stereocenters. The summed E-state index contributed by atoms with van der Waals surface area (Å²) in [6.07, 6.45) is 1.71. The fourth-order valence-corrected chi connectivity index (χ4v) is 3.82. The van der Waals surface area contributed by atoms with E-state index in [4.69, 9.17) is 4.74 Å². The van der Waals surface area contributed by atoms with Crippen LogP contribution >= 0.6 is 11.3 Å². The first-order valence-corrected chi connectivity index (χ1v) is 9.74. The molecule has 142 valence electrons. The number of nitrogens with zero attached hydrogens (tertiary/aromatic N) is 3. The Bertz CT molecular complexity index is 1150. The lowest BCUT2D eigenvalue weighted by atomic mass is 10.1. The number of rotatable bonds is 5. The van der Waals surface area contributed by atoms with E-state index in [-0.39, 0.29) is 5.91 Å². The molecule has 0 saturated carbocycles. The van der Waals surface area contributed by atoms with Gasteiger partial charge in [-0.2, -0.15) is 5.10 Å². The summed E-state index contributed by atoms with van der Waals surface area (Å²) in [6.45, 7) is 4.48. The molecular weight excluding hydrogens is 372 g/mol. The number of methoxy groups -OCH3 is 1. The van der Waals surface area contributed by atoms with E-state index >= 15 is 0 Å². The van der Waals surface area contributed by atoms with Crippen LogP contribution in [0, 0.1) is 13.8 Å². The average Bonchev–Trinajstić information content (AvgIpc) is 3.32. The Balaban J connectivity index is 1.71.